The summed E-state index contributed by atoms with van der Waals surface area (Å²) in [5.74, 6) is 0. The maximum absolute atomic E-state index is 6.13. The Hall–Kier alpha value is -0.0800. The summed E-state index contributed by atoms with van der Waals surface area (Å²) in [6, 6.07) is 21.5. The normalized spacial score (nSPS) is 10.9. The van der Waals surface area contributed by atoms with Crippen molar-refractivity contribution in [3.8, 4) is 0 Å². The van der Waals surface area contributed by atoms with E-state index in [9.17, 15) is 0 Å². The molecule has 0 bridgehead atoms. The topological polar surface area (TPSA) is 0 Å². The molecule has 6 heteroatoms. The minimum absolute atomic E-state index is 0. The molecule has 4 rings (SSSR count). The molecule has 0 unspecified atom stereocenters. The maximum atomic E-state index is 6.13. The average Bonchev–Trinajstić information content (AvgIpc) is 3.10. The molecule has 4 aromatic rings. The summed E-state index contributed by atoms with van der Waals surface area (Å²) in [7, 11) is -1.74. The number of fused-ring (bicyclic) bond motifs is 2. The van der Waals surface area contributed by atoms with Crippen molar-refractivity contribution >= 4 is 63.2 Å². The summed E-state index contributed by atoms with van der Waals surface area (Å²) >= 11 is 12.3. The number of hydrogen-bond acceptors (Lipinski definition) is 0. The zero-order valence-corrected chi connectivity index (χ0v) is 20.8. The second-order valence-corrected chi connectivity index (χ2v) is 11.9. The molecule has 4 aromatic carbocycles. The fraction of sp³-hybridized carbons (Fsp3) is 0.100. The van der Waals surface area contributed by atoms with Gasteiger partial charge in [-0.2, -0.15) is 22.9 Å². The molecule has 0 atom stereocenters. The van der Waals surface area contributed by atoms with Gasteiger partial charge in [-0.25, -0.2) is 0 Å². The quantitative estimate of drug-likeness (QED) is 0.250. The molecule has 0 fully saturated rings. The van der Waals surface area contributed by atoms with Gasteiger partial charge in [0.15, 0.2) is 0 Å². The molecule has 0 amide bonds. The molecular formula is C20H16Cl4SiZr. The van der Waals surface area contributed by atoms with Crippen LogP contribution in [0.4, 0.5) is 0 Å². The number of hydrogen-bond donors (Lipinski definition) is 0. The van der Waals surface area contributed by atoms with Crippen LogP contribution < -0.4 is 35.2 Å². The molecule has 0 radical (unpaired) electrons. The Labute approximate surface area is 196 Å². The van der Waals surface area contributed by atoms with E-state index in [2.05, 4.69) is 49.5 Å². The predicted molar refractivity (Wildman–Crippen MR) is 106 cm³/mol. The van der Waals surface area contributed by atoms with Gasteiger partial charge in [0.25, 0.3) is 0 Å². The molecule has 0 aliphatic carbocycles. The van der Waals surface area contributed by atoms with E-state index in [-0.39, 0.29) is 51.0 Å². The average molecular weight is 517 g/mol. The fourth-order valence-corrected chi connectivity index (χ4v) is 6.01. The van der Waals surface area contributed by atoms with Crippen molar-refractivity contribution in [3.05, 3.63) is 70.7 Å². The molecule has 0 nitrogen and oxygen atoms in total. The zero-order valence-electron chi connectivity index (χ0n) is 14.3. The molecule has 0 N–H and O–H groups in total. The zero-order chi connectivity index (χ0) is 16.2. The molecule has 0 saturated carbocycles. The van der Waals surface area contributed by atoms with E-state index in [4.69, 9.17) is 23.2 Å². The van der Waals surface area contributed by atoms with Crippen molar-refractivity contribution in [3.63, 3.8) is 0 Å². The van der Waals surface area contributed by atoms with Gasteiger partial charge < -0.3 is 24.8 Å². The molecule has 0 spiro atoms. The third-order valence-electron chi connectivity index (χ3n) is 4.79. The third-order valence-corrected chi connectivity index (χ3v) is 8.72. The summed E-state index contributed by atoms with van der Waals surface area (Å²) < 4.78 is 0. The van der Waals surface area contributed by atoms with Crippen LogP contribution in [-0.4, -0.2) is 8.07 Å². The SMILES string of the molecule is C[Si](C)(c1cc2cc(Cl)ccc2[cH-]1)c1cc2cc(Cl)ccc2[cH-]1.[Cl-].[Cl-].[Zr+4]. The molecule has 0 aromatic heterocycles. The van der Waals surface area contributed by atoms with Crippen LogP contribution in [0.15, 0.2) is 60.7 Å². The molecular weight excluding hydrogens is 501 g/mol. The van der Waals surface area contributed by atoms with Gasteiger partial charge in [0, 0.05) is 10.0 Å². The van der Waals surface area contributed by atoms with Gasteiger partial charge in [-0.1, -0.05) is 60.6 Å². The number of rotatable bonds is 2. The molecule has 0 heterocycles. The standard InChI is InChI=1S/C20H16Cl2Si.2ClH.Zr/c1-23(2,19-9-13-3-5-17(21)7-15(13)11-19)20-10-14-4-6-18(22)8-16(14)12-20;;;/h3-12H,1-2H3;2*1H;/q-2;;;+4/p-2. The minimum Gasteiger partial charge on any atom is -1.00 e. The third kappa shape index (κ3) is 4.32. The summed E-state index contributed by atoms with van der Waals surface area (Å²) in [5, 5.41) is 9.46. The number of halogens is 4. The van der Waals surface area contributed by atoms with Crippen LogP contribution in [0.2, 0.25) is 23.1 Å². The van der Waals surface area contributed by atoms with Gasteiger partial charge in [0.1, 0.15) is 0 Å². The van der Waals surface area contributed by atoms with Gasteiger partial charge in [-0.05, 0) is 0 Å². The minimum atomic E-state index is -1.74. The Balaban J connectivity index is 0.00000113. The second kappa shape index (κ2) is 8.95. The van der Waals surface area contributed by atoms with Crippen LogP contribution >= 0.6 is 23.2 Å². The molecule has 0 aliphatic heterocycles. The van der Waals surface area contributed by atoms with E-state index >= 15 is 0 Å². The van der Waals surface area contributed by atoms with Crippen molar-refractivity contribution in [2.45, 2.75) is 13.1 Å². The summed E-state index contributed by atoms with van der Waals surface area (Å²) in [5.41, 5.74) is 0. The summed E-state index contributed by atoms with van der Waals surface area (Å²) in [6.07, 6.45) is 0. The Morgan fingerprint density at radius 2 is 1.08 bits per heavy atom. The first-order valence-corrected chi connectivity index (χ1v) is 11.4. The van der Waals surface area contributed by atoms with Gasteiger partial charge in [0.05, 0.1) is 8.07 Å². The fourth-order valence-electron chi connectivity index (χ4n) is 3.25. The Morgan fingerprint density at radius 3 is 1.46 bits per heavy atom. The van der Waals surface area contributed by atoms with Gasteiger partial charge >= 0.3 is 26.2 Å². The maximum Gasteiger partial charge on any atom is 4.00 e. The van der Waals surface area contributed by atoms with Gasteiger partial charge in [0.2, 0.25) is 0 Å². The van der Waals surface area contributed by atoms with Crippen molar-refractivity contribution in [2.75, 3.05) is 0 Å². The largest absolute Gasteiger partial charge is 4.00 e. The van der Waals surface area contributed by atoms with E-state index in [1.165, 1.54) is 31.9 Å². The van der Waals surface area contributed by atoms with Crippen molar-refractivity contribution in [2.24, 2.45) is 0 Å². The Kier molecular flexibility index (Phi) is 8.24. The summed E-state index contributed by atoms with van der Waals surface area (Å²) in [6.45, 7) is 4.80. The Bertz CT molecular complexity index is 951. The van der Waals surface area contributed by atoms with Crippen LogP contribution in [0.3, 0.4) is 0 Å². The van der Waals surface area contributed by atoms with Gasteiger partial charge in [-0.15, -0.1) is 45.4 Å². The van der Waals surface area contributed by atoms with E-state index in [0.29, 0.717) is 0 Å². The van der Waals surface area contributed by atoms with Crippen LogP contribution in [0, 0.1) is 0 Å². The smallest absolute Gasteiger partial charge is 1.00 e. The van der Waals surface area contributed by atoms with E-state index in [0.717, 1.165) is 10.0 Å². The first-order chi connectivity index (χ1) is 10.9. The Morgan fingerprint density at radius 1 is 0.692 bits per heavy atom. The van der Waals surface area contributed by atoms with E-state index in [1.807, 2.05) is 24.3 Å². The van der Waals surface area contributed by atoms with Gasteiger partial charge in [-0.3, -0.25) is 0 Å². The van der Waals surface area contributed by atoms with Crippen LogP contribution in [0.5, 0.6) is 0 Å². The molecule has 0 saturated heterocycles. The molecule has 0 aliphatic rings. The van der Waals surface area contributed by atoms with Crippen LogP contribution in [-0.2, 0) is 26.2 Å². The van der Waals surface area contributed by atoms with E-state index < -0.39 is 8.07 Å². The summed E-state index contributed by atoms with van der Waals surface area (Å²) in [4.78, 5) is 0. The molecule has 132 valence electrons. The van der Waals surface area contributed by atoms with Crippen LogP contribution in [0.1, 0.15) is 0 Å². The second-order valence-electron chi connectivity index (χ2n) is 6.66. The molecule has 26 heavy (non-hydrogen) atoms. The predicted octanol–water partition coefficient (Wildman–Crippen LogP) is -0.434. The van der Waals surface area contributed by atoms with Crippen molar-refractivity contribution in [1.29, 1.82) is 0 Å². The van der Waals surface area contributed by atoms with Crippen molar-refractivity contribution < 1.29 is 51.0 Å². The van der Waals surface area contributed by atoms with E-state index in [1.54, 1.807) is 0 Å². The monoisotopic (exact) mass is 514 g/mol. The van der Waals surface area contributed by atoms with Crippen molar-refractivity contribution in [1.82, 2.24) is 0 Å². The number of benzene rings is 2. The first-order valence-electron chi connectivity index (χ1n) is 7.66. The van der Waals surface area contributed by atoms with Crippen LogP contribution in [0.25, 0.3) is 21.5 Å². The first kappa shape index (κ1) is 24.0.